The zero-order valence-electron chi connectivity index (χ0n) is 71.2. The van der Waals surface area contributed by atoms with Crippen LogP contribution in [0, 0.1) is 25.7 Å². The molecule has 1 aliphatic carbocycles. The maximum atomic E-state index is 14.1. The highest BCUT2D eigenvalue weighted by molar-refractivity contribution is 7.92. The van der Waals surface area contributed by atoms with Crippen LogP contribution < -0.4 is 37.6 Å². The van der Waals surface area contributed by atoms with Gasteiger partial charge in [0.05, 0.1) is 143 Å². The van der Waals surface area contributed by atoms with Gasteiger partial charge in [0.2, 0.25) is 35.4 Å². The number of aryl methyl sites for hydroxylation is 2. The van der Waals surface area contributed by atoms with Gasteiger partial charge in [-0.2, -0.15) is 0 Å². The molecule has 3 aliphatic rings. The van der Waals surface area contributed by atoms with Gasteiger partial charge in [-0.15, -0.1) is 0 Å². The first-order chi connectivity index (χ1) is 59.8. The molecule has 674 valence electrons. The van der Waals surface area contributed by atoms with E-state index < -0.39 is 120 Å². The average Bonchev–Trinajstić information content (AvgIpc) is 1.59. The second kappa shape index (κ2) is 47.8. The highest BCUT2D eigenvalue weighted by Crippen LogP contribution is 2.50. The first kappa shape index (κ1) is 97.6. The van der Waals surface area contributed by atoms with Crippen molar-refractivity contribution in [2.75, 3.05) is 134 Å². The Bertz CT molecular complexity index is 4950. The number of hydrogen-bond acceptors (Lipinski definition) is 25. The van der Waals surface area contributed by atoms with E-state index >= 15 is 0 Å². The molecule has 5 aromatic carbocycles. The number of ether oxygens (including phenoxy) is 7. The van der Waals surface area contributed by atoms with Crippen molar-refractivity contribution in [2.24, 2.45) is 22.6 Å². The van der Waals surface area contributed by atoms with Crippen molar-refractivity contribution in [1.82, 2.24) is 36.1 Å². The number of rotatable bonds is 51. The number of carboxylic acids is 1. The number of sulfone groups is 2. The minimum absolute atomic E-state index is 0.0359. The van der Waals surface area contributed by atoms with Gasteiger partial charge < -0.3 is 90.8 Å². The number of fused-ring (bicyclic) bond motifs is 2. The highest BCUT2D eigenvalue weighted by atomic mass is 32.2. The van der Waals surface area contributed by atoms with Gasteiger partial charge in [-0.25, -0.2) is 26.6 Å². The van der Waals surface area contributed by atoms with Crippen molar-refractivity contribution in [3.8, 4) is 0 Å². The van der Waals surface area contributed by atoms with Crippen LogP contribution in [0.2, 0.25) is 0 Å². The van der Waals surface area contributed by atoms with Crippen LogP contribution in [0.25, 0.3) is 6.08 Å². The second-order valence-corrected chi connectivity index (χ2v) is 35.1. The van der Waals surface area contributed by atoms with E-state index in [0.29, 0.717) is 92.5 Å². The van der Waals surface area contributed by atoms with Gasteiger partial charge in [0.25, 0.3) is 5.91 Å². The molecule has 1 saturated carbocycles. The van der Waals surface area contributed by atoms with E-state index in [2.05, 4.69) is 41.9 Å². The quantitative estimate of drug-likeness (QED) is 0.0142. The number of amidine groups is 1. The lowest BCUT2D eigenvalue weighted by atomic mass is 9.92. The Kier molecular flexibility index (Phi) is 37.3. The van der Waals surface area contributed by atoms with Crippen LogP contribution in [0.15, 0.2) is 148 Å². The third-order valence-electron chi connectivity index (χ3n) is 20.9. The molecule has 3 atom stereocenters. The number of hydrogen-bond donors (Lipinski definition) is 9. The molecule has 0 saturated heterocycles. The van der Waals surface area contributed by atoms with Crippen molar-refractivity contribution in [2.45, 2.75) is 139 Å². The molecule has 34 nitrogen and oxygen atoms in total. The first-order valence-electron chi connectivity index (χ1n) is 41.6. The molecular formula is C89H113N11O23S2. The van der Waals surface area contributed by atoms with Crippen molar-refractivity contribution in [3.05, 3.63) is 183 Å². The molecule has 36 heteroatoms. The molecular weight excluding hydrogens is 1660 g/mol. The zero-order chi connectivity index (χ0) is 90.2. The summed E-state index contributed by atoms with van der Waals surface area (Å²) in [5.41, 5.74) is 12.8. The smallest absolute Gasteiger partial charge is 0.410 e. The van der Waals surface area contributed by atoms with Crippen LogP contribution >= 0.6 is 0 Å². The van der Waals surface area contributed by atoms with Gasteiger partial charge in [-0.05, 0) is 136 Å². The fraction of sp³-hybridized carbons (Fsp3) is 0.461. The van der Waals surface area contributed by atoms with Crippen molar-refractivity contribution >= 4 is 108 Å². The monoisotopic (exact) mass is 1770 g/mol. The number of aromatic nitrogens is 1. The average molecular weight is 1770 g/mol. The van der Waals surface area contributed by atoms with Gasteiger partial charge in [0.15, 0.2) is 25.5 Å². The van der Waals surface area contributed by atoms with Gasteiger partial charge in [-0.3, -0.25) is 48.1 Å². The summed E-state index contributed by atoms with van der Waals surface area (Å²) in [5, 5.41) is 35.3. The fourth-order valence-electron chi connectivity index (χ4n) is 13.7. The van der Waals surface area contributed by atoms with E-state index in [-0.39, 0.29) is 144 Å². The Morgan fingerprint density at radius 3 is 1.77 bits per heavy atom. The number of aliphatic carboxylic acids is 1. The zero-order valence-corrected chi connectivity index (χ0v) is 72.9. The Morgan fingerprint density at radius 1 is 0.632 bits per heavy atom. The molecule has 0 bridgehead atoms. The number of nitrogens with two attached hydrogens (primary N) is 1. The van der Waals surface area contributed by atoms with Crippen molar-refractivity contribution < 1.29 is 108 Å². The summed E-state index contributed by atoms with van der Waals surface area (Å²) in [5.74, 6) is -8.74. The third-order valence-corrected chi connectivity index (χ3v) is 24.5. The van der Waals surface area contributed by atoms with Crippen LogP contribution in [0.4, 0.5) is 21.9 Å². The number of Topliss-reactive ketones (excluding diaryl/α,β-unsaturated/α-hetero) is 1. The van der Waals surface area contributed by atoms with Crippen LogP contribution in [0.3, 0.4) is 0 Å². The Morgan fingerprint density at radius 2 is 1.21 bits per heavy atom. The largest absolute Gasteiger partial charge is 0.481 e. The SMILES string of the molecule is CCCN(CCO)C(=O)C1=Cc2ccc(C3(C(=O)Nc4cnc5c(c4)CN(C(=O)OCc4ccc(NC(=O)[C@H](C)NC(=O)[C@@H](NC(=O)[C@H](CCC(=O)O)NC(=O)CCOCCOCCOCCOCCOCCOCCNC(=O)c6ccc(C(=O)C(CS(=O)(=O)c7ccc(C)cc7)CS(=O)(=O)c7ccc(C)cc7)cc6)C(C)C)cc4)CC5)CC3)cc2N=C(N)C1. The summed E-state index contributed by atoms with van der Waals surface area (Å²) < 4.78 is 93.0. The molecule has 2 aliphatic heterocycles. The van der Waals surface area contributed by atoms with E-state index in [1.54, 1.807) is 104 Å². The number of ketones is 1. The number of carbonyl (C=O) groups excluding carboxylic acids is 9. The number of pyridine rings is 1. The number of carbonyl (C=O) groups is 10. The van der Waals surface area contributed by atoms with E-state index in [0.717, 1.165) is 34.4 Å². The Hall–Kier alpha value is -11.2. The number of nitrogens with zero attached hydrogens (tertiary/aromatic N) is 4. The van der Waals surface area contributed by atoms with Gasteiger partial charge in [-0.1, -0.05) is 92.6 Å². The third kappa shape index (κ3) is 30.0. The predicted octanol–water partition coefficient (Wildman–Crippen LogP) is 6.67. The Balaban J connectivity index is 0.588. The normalized spacial score (nSPS) is 14.2. The molecule has 10 N–H and O–H groups in total. The van der Waals surface area contributed by atoms with E-state index in [9.17, 15) is 75.0 Å². The van der Waals surface area contributed by atoms with Crippen LogP contribution in [-0.2, 0) is 111 Å². The van der Waals surface area contributed by atoms with E-state index in [4.69, 9.17) is 38.9 Å². The molecule has 9 rings (SSSR count). The molecule has 0 spiro atoms. The molecule has 1 aromatic heterocycles. The highest BCUT2D eigenvalue weighted by Gasteiger charge is 2.52. The molecule has 125 heavy (non-hydrogen) atoms. The summed E-state index contributed by atoms with van der Waals surface area (Å²) in [7, 11) is -8.18. The number of amides is 8. The molecule has 0 radical (unpaired) electrons. The second-order valence-electron chi connectivity index (χ2n) is 31.0. The van der Waals surface area contributed by atoms with Gasteiger partial charge in [0, 0.05) is 85.5 Å². The van der Waals surface area contributed by atoms with Crippen LogP contribution in [0.5, 0.6) is 0 Å². The topological polar surface area (TPSA) is 474 Å². The number of nitrogens with one attached hydrogen (secondary N) is 6. The molecule has 1 fully saturated rings. The summed E-state index contributed by atoms with van der Waals surface area (Å²) in [4.78, 5) is 145. The number of carboxylic acid groups (broad SMARTS) is 1. The summed E-state index contributed by atoms with van der Waals surface area (Å²) in [6, 6.07) is 27.9. The van der Waals surface area contributed by atoms with E-state index in [1.165, 1.54) is 55.5 Å². The molecule has 3 heterocycles. The first-order valence-corrected chi connectivity index (χ1v) is 44.9. The number of anilines is 2. The summed E-state index contributed by atoms with van der Waals surface area (Å²) in [6.07, 6.45) is 4.36. The number of aliphatic hydroxyl groups is 1. The summed E-state index contributed by atoms with van der Waals surface area (Å²) in [6.45, 7) is 14.1. The number of benzene rings is 5. The Labute approximate surface area is 727 Å². The number of aliphatic hydroxyl groups excluding tert-OH is 1. The predicted molar refractivity (Wildman–Crippen MR) is 463 cm³/mol. The lowest BCUT2D eigenvalue weighted by Gasteiger charge is -2.28. The lowest BCUT2D eigenvalue weighted by Crippen LogP contribution is -2.57. The maximum Gasteiger partial charge on any atom is 0.410 e. The maximum absolute atomic E-state index is 14.1. The van der Waals surface area contributed by atoms with Crippen LogP contribution in [0.1, 0.15) is 132 Å². The summed E-state index contributed by atoms with van der Waals surface area (Å²) >= 11 is 0. The van der Waals surface area contributed by atoms with Gasteiger partial charge in [0.1, 0.15) is 30.6 Å². The van der Waals surface area contributed by atoms with Crippen molar-refractivity contribution in [1.29, 1.82) is 0 Å². The molecule has 8 amide bonds. The standard InChI is InChI=1S/C89H113N11O23S2/c1-7-33-99(35-36-101)86(110)66-49-65-18-19-69(52-76(65)96-77(90)51-66)89(30-31-89)87(111)95-71-50-67-54-100(34-28-74(67)92-53-71)88(112)123-55-62-12-20-70(21-13-62)94-82(106)61(6)93-85(109)80(58(2)3)98-84(108)75(26-27-79(103)104)97-78(102)29-37-117-39-41-119-43-45-121-47-48-122-46-44-120-42-40-118-38-32-91-83(107)64-16-14-63(15-17-64)81(105)68(56-124(113,114)72-22-8-59(4)9-23-72)57-125(115,116)73-24-10-60(5)11-25-73/h8-25,49-50,52-53,58,61,68,75,80,101H,7,26-48,51,54-57H2,1-6H3,(H2,90,96)(H,91,107)(H,93,109)(H,94,106)(H,95,111)(H,97,102)(H,98,108)(H,103,104)/t61-,75-,80-/m0/s1. The number of aliphatic imine (C=N–C) groups is 1. The fourth-order valence-corrected chi connectivity index (χ4v) is 16.9. The minimum Gasteiger partial charge on any atom is -0.481 e. The van der Waals surface area contributed by atoms with Crippen molar-refractivity contribution in [3.63, 3.8) is 0 Å². The van der Waals surface area contributed by atoms with Crippen LogP contribution in [-0.4, -0.2) is 249 Å². The molecule has 0 unspecified atom stereocenters. The van der Waals surface area contributed by atoms with E-state index in [1.807, 2.05) is 25.1 Å². The minimum atomic E-state index is -4.09. The lowest BCUT2D eigenvalue weighted by molar-refractivity contribution is -0.138. The van der Waals surface area contributed by atoms with Gasteiger partial charge >= 0.3 is 12.1 Å². The molecule has 6 aromatic rings.